The Kier molecular flexibility index (Phi) is 5.28. The molecular weight excluding hydrogens is 451 g/mol. The molecule has 0 spiro atoms. The molecule has 3 heterocycles. The standard InChI is InChI=1S/C23H16Cl2N4O3/c1-12-8-9-15-16(24)10-17(25)22(21(15)26-12)30-11-18-27-28-23(31-18)19-13(2)32-29-20(19)14-6-4-3-5-7-14/h3-10H,11H2,1-2H3. The lowest BCUT2D eigenvalue weighted by molar-refractivity contribution is 0.267. The Balaban J connectivity index is 1.45. The number of benzene rings is 2. The van der Waals surface area contributed by atoms with Crippen LogP contribution in [0.2, 0.25) is 10.0 Å². The van der Waals surface area contributed by atoms with E-state index in [0.717, 1.165) is 16.6 Å². The van der Waals surface area contributed by atoms with Crippen molar-refractivity contribution in [2.75, 3.05) is 0 Å². The van der Waals surface area contributed by atoms with Gasteiger partial charge in [-0.25, -0.2) is 4.98 Å². The Morgan fingerprint density at radius 3 is 2.59 bits per heavy atom. The van der Waals surface area contributed by atoms with Crippen molar-refractivity contribution in [3.63, 3.8) is 0 Å². The number of pyridine rings is 1. The van der Waals surface area contributed by atoms with Gasteiger partial charge in [0.15, 0.2) is 12.4 Å². The zero-order valence-electron chi connectivity index (χ0n) is 17.1. The highest BCUT2D eigenvalue weighted by Crippen LogP contribution is 2.38. The third kappa shape index (κ3) is 3.70. The van der Waals surface area contributed by atoms with Crippen molar-refractivity contribution < 1.29 is 13.7 Å². The molecule has 0 saturated carbocycles. The monoisotopic (exact) mass is 466 g/mol. The van der Waals surface area contributed by atoms with Gasteiger partial charge in [0.2, 0.25) is 0 Å². The summed E-state index contributed by atoms with van der Waals surface area (Å²) in [6.45, 7) is 3.68. The molecule has 0 unspecified atom stereocenters. The normalized spacial score (nSPS) is 11.2. The second-order valence-corrected chi connectivity index (χ2v) is 7.95. The highest BCUT2D eigenvalue weighted by atomic mass is 35.5. The Morgan fingerprint density at radius 2 is 1.78 bits per heavy atom. The topological polar surface area (TPSA) is 87.1 Å². The lowest BCUT2D eigenvalue weighted by Gasteiger charge is -2.11. The van der Waals surface area contributed by atoms with Crippen LogP contribution >= 0.6 is 23.2 Å². The first-order chi connectivity index (χ1) is 15.5. The summed E-state index contributed by atoms with van der Waals surface area (Å²) in [5.41, 5.74) is 3.55. The van der Waals surface area contributed by atoms with Crippen LogP contribution in [0.25, 0.3) is 33.6 Å². The molecule has 0 saturated heterocycles. The van der Waals surface area contributed by atoms with Gasteiger partial charge >= 0.3 is 0 Å². The highest BCUT2D eigenvalue weighted by Gasteiger charge is 2.22. The van der Waals surface area contributed by atoms with Gasteiger partial charge in [-0.15, -0.1) is 10.2 Å². The van der Waals surface area contributed by atoms with Gasteiger partial charge in [0.05, 0.1) is 10.0 Å². The fourth-order valence-electron chi connectivity index (χ4n) is 3.39. The van der Waals surface area contributed by atoms with E-state index in [1.165, 1.54) is 0 Å². The first kappa shape index (κ1) is 20.5. The summed E-state index contributed by atoms with van der Waals surface area (Å²) < 4.78 is 17.2. The summed E-state index contributed by atoms with van der Waals surface area (Å²) in [5, 5.41) is 14.0. The Labute approximate surface area is 192 Å². The maximum Gasteiger partial charge on any atom is 0.254 e. The van der Waals surface area contributed by atoms with E-state index < -0.39 is 0 Å². The van der Waals surface area contributed by atoms with Crippen LogP contribution < -0.4 is 4.74 Å². The molecule has 9 heteroatoms. The van der Waals surface area contributed by atoms with Crippen molar-refractivity contribution in [1.82, 2.24) is 20.3 Å². The van der Waals surface area contributed by atoms with Crippen LogP contribution in [0.4, 0.5) is 0 Å². The smallest absolute Gasteiger partial charge is 0.254 e. The molecule has 0 bridgehead atoms. The van der Waals surface area contributed by atoms with E-state index in [1.54, 1.807) is 13.0 Å². The van der Waals surface area contributed by atoms with E-state index in [-0.39, 0.29) is 12.5 Å². The van der Waals surface area contributed by atoms with Crippen LogP contribution in [0.1, 0.15) is 17.3 Å². The van der Waals surface area contributed by atoms with Crippen molar-refractivity contribution in [3.05, 3.63) is 75.9 Å². The molecule has 0 atom stereocenters. The molecule has 3 aromatic heterocycles. The molecule has 0 amide bonds. The molecule has 2 aromatic carbocycles. The van der Waals surface area contributed by atoms with E-state index in [2.05, 4.69) is 20.3 Å². The summed E-state index contributed by atoms with van der Waals surface area (Å²) in [4.78, 5) is 4.53. The average molecular weight is 467 g/mol. The molecule has 0 aliphatic heterocycles. The van der Waals surface area contributed by atoms with Crippen molar-refractivity contribution in [2.24, 2.45) is 0 Å². The molecule has 32 heavy (non-hydrogen) atoms. The van der Waals surface area contributed by atoms with Crippen LogP contribution in [0.3, 0.4) is 0 Å². The van der Waals surface area contributed by atoms with Crippen molar-refractivity contribution in [2.45, 2.75) is 20.5 Å². The van der Waals surface area contributed by atoms with Gasteiger partial charge in [-0.2, -0.15) is 0 Å². The highest BCUT2D eigenvalue weighted by molar-refractivity contribution is 6.39. The SMILES string of the molecule is Cc1ccc2c(Cl)cc(Cl)c(OCc3nnc(-c4c(-c5ccccc5)noc4C)o3)c2n1. The lowest BCUT2D eigenvalue weighted by Crippen LogP contribution is -1.99. The molecule has 160 valence electrons. The van der Waals surface area contributed by atoms with E-state index in [1.807, 2.05) is 49.4 Å². The summed E-state index contributed by atoms with van der Waals surface area (Å²) >= 11 is 12.7. The van der Waals surface area contributed by atoms with Gasteiger partial charge < -0.3 is 13.7 Å². The van der Waals surface area contributed by atoms with Gasteiger partial charge in [0.1, 0.15) is 22.5 Å². The molecular formula is C23H16Cl2N4O3. The summed E-state index contributed by atoms with van der Waals surface area (Å²) in [5.74, 6) is 1.54. The molecule has 5 aromatic rings. The minimum absolute atomic E-state index is 0.00404. The van der Waals surface area contributed by atoms with Gasteiger partial charge in [0.25, 0.3) is 11.8 Å². The second kappa shape index (κ2) is 8.26. The lowest BCUT2D eigenvalue weighted by atomic mass is 10.1. The number of aromatic nitrogens is 4. The summed E-state index contributed by atoms with van der Waals surface area (Å²) in [7, 11) is 0. The number of aryl methyl sites for hydroxylation is 2. The van der Waals surface area contributed by atoms with E-state index in [0.29, 0.717) is 44.2 Å². The van der Waals surface area contributed by atoms with Gasteiger partial charge in [-0.05, 0) is 32.0 Å². The first-order valence-corrected chi connectivity index (χ1v) is 10.5. The van der Waals surface area contributed by atoms with Crippen LogP contribution in [-0.4, -0.2) is 20.3 Å². The van der Waals surface area contributed by atoms with Gasteiger partial charge in [-0.1, -0.05) is 58.7 Å². The maximum absolute atomic E-state index is 6.39. The fourth-order valence-corrected chi connectivity index (χ4v) is 3.96. The van der Waals surface area contributed by atoms with Gasteiger partial charge in [-0.3, -0.25) is 0 Å². The number of hydrogen-bond acceptors (Lipinski definition) is 7. The fraction of sp³-hybridized carbons (Fsp3) is 0.130. The van der Waals surface area contributed by atoms with Crippen LogP contribution in [0, 0.1) is 13.8 Å². The predicted molar refractivity (Wildman–Crippen MR) is 121 cm³/mol. The van der Waals surface area contributed by atoms with E-state index in [4.69, 9.17) is 36.9 Å². The third-order valence-electron chi connectivity index (χ3n) is 4.91. The van der Waals surface area contributed by atoms with E-state index in [9.17, 15) is 0 Å². The number of rotatable bonds is 5. The molecule has 0 radical (unpaired) electrons. The minimum atomic E-state index is 0.00404. The molecule has 5 rings (SSSR count). The molecule has 0 aliphatic rings. The molecule has 0 N–H and O–H groups in total. The zero-order chi connectivity index (χ0) is 22.2. The van der Waals surface area contributed by atoms with Crippen molar-refractivity contribution in [3.8, 4) is 28.5 Å². The Bertz CT molecular complexity index is 1430. The number of hydrogen-bond donors (Lipinski definition) is 0. The third-order valence-corrected chi connectivity index (χ3v) is 5.50. The quantitative estimate of drug-likeness (QED) is 0.294. The van der Waals surface area contributed by atoms with Crippen molar-refractivity contribution in [1.29, 1.82) is 0 Å². The largest absolute Gasteiger partial charge is 0.480 e. The number of halogens is 2. The maximum atomic E-state index is 6.39. The summed E-state index contributed by atoms with van der Waals surface area (Å²) in [6, 6.07) is 15.0. The number of ether oxygens (including phenoxy) is 1. The van der Waals surface area contributed by atoms with Crippen molar-refractivity contribution >= 4 is 34.1 Å². The van der Waals surface area contributed by atoms with Gasteiger partial charge in [0, 0.05) is 16.6 Å². The van der Waals surface area contributed by atoms with E-state index >= 15 is 0 Å². The predicted octanol–water partition coefficient (Wildman–Crippen LogP) is 6.44. The zero-order valence-corrected chi connectivity index (χ0v) is 18.6. The summed E-state index contributed by atoms with van der Waals surface area (Å²) in [6.07, 6.45) is 0. The van der Waals surface area contributed by atoms with Crippen LogP contribution in [0.5, 0.6) is 5.75 Å². The second-order valence-electron chi connectivity index (χ2n) is 7.14. The van der Waals surface area contributed by atoms with Crippen LogP contribution in [0.15, 0.2) is 57.5 Å². The first-order valence-electron chi connectivity index (χ1n) is 9.74. The average Bonchev–Trinajstić information content (AvgIpc) is 3.40. The Hall–Kier alpha value is -3.42. The molecule has 0 aliphatic carbocycles. The number of fused-ring (bicyclic) bond motifs is 1. The molecule has 7 nitrogen and oxygen atoms in total. The minimum Gasteiger partial charge on any atom is -0.480 e. The molecule has 0 fully saturated rings. The Morgan fingerprint density at radius 1 is 0.969 bits per heavy atom. The number of nitrogens with zero attached hydrogens (tertiary/aromatic N) is 4. The van der Waals surface area contributed by atoms with Crippen LogP contribution in [-0.2, 0) is 6.61 Å².